The second kappa shape index (κ2) is 7.41. The third-order valence-electron chi connectivity index (χ3n) is 6.98. The molecule has 1 spiro atoms. The molecule has 3 atom stereocenters. The van der Waals surface area contributed by atoms with Gasteiger partial charge >= 0.3 is 0 Å². The molecule has 1 aliphatic carbocycles. The van der Waals surface area contributed by atoms with Gasteiger partial charge in [0.1, 0.15) is 0 Å². The molecule has 3 aromatic carbocycles. The van der Waals surface area contributed by atoms with Crippen LogP contribution >= 0.6 is 0 Å². The quantitative estimate of drug-likeness (QED) is 0.352. The topological polar surface area (TPSA) is 127 Å². The zero-order valence-corrected chi connectivity index (χ0v) is 18.0. The zero-order valence-electron chi connectivity index (χ0n) is 18.0. The molecule has 9 nitrogen and oxygen atoms in total. The van der Waals surface area contributed by atoms with Crippen LogP contribution in [0.2, 0.25) is 0 Å². The van der Waals surface area contributed by atoms with Crippen molar-refractivity contribution in [1.29, 1.82) is 0 Å². The number of fused-ring (bicyclic) bond motifs is 3. The van der Waals surface area contributed by atoms with E-state index in [2.05, 4.69) is 0 Å². The molecule has 0 unspecified atom stereocenters. The molecule has 3 aliphatic rings. The molecule has 0 saturated carbocycles. The maximum absolute atomic E-state index is 13.8. The summed E-state index contributed by atoms with van der Waals surface area (Å²) in [6, 6.07) is 20.2. The molecule has 0 radical (unpaired) electrons. The maximum atomic E-state index is 13.8. The summed E-state index contributed by atoms with van der Waals surface area (Å²) in [4.78, 5) is 55.8. The van der Waals surface area contributed by atoms with Crippen molar-refractivity contribution in [3.05, 3.63) is 101 Å². The molecule has 2 heterocycles. The molecular weight excluding hydrogens is 452 g/mol. The first kappa shape index (κ1) is 21.4. The number of hydrogen-bond acceptors (Lipinski definition) is 8. The van der Waals surface area contributed by atoms with Crippen LogP contribution in [0.1, 0.15) is 32.4 Å². The van der Waals surface area contributed by atoms with E-state index < -0.39 is 46.9 Å². The predicted octanol–water partition coefficient (Wildman–Crippen LogP) is 3.08. The van der Waals surface area contributed by atoms with E-state index in [1.54, 1.807) is 42.5 Å². The molecular formula is C26H17N2O7-. The Morgan fingerprint density at radius 2 is 1.37 bits per heavy atom. The number of carbonyl (C=O) groups excluding carboxylic acids is 4. The molecule has 6 rings (SSSR count). The van der Waals surface area contributed by atoms with Crippen molar-refractivity contribution < 1.29 is 29.1 Å². The summed E-state index contributed by atoms with van der Waals surface area (Å²) >= 11 is 0. The number of hydrogen-bond donors (Lipinski definition) is 1. The highest BCUT2D eigenvalue weighted by Gasteiger charge is 2.74. The number of carbonyl (C=O) groups is 4. The first-order chi connectivity index (χ1) is 16.9. The van der Waals surface area contributed by atoms with Crippen molar-refractivity contribution in [2.45, 2.75) is 11.7 Å². The number of imide groups is 1. The van der Waals surface area contributed by atoms with Crippen LogP contribution in [0.5, 0.6) is 0 Å². The molecule has 2 fully saturated rings. The molecule has 2 aliphatic heterocycles. The van der Waals surface area contributed by atoms with Gasteiger partial charge in [0.25, 0.3) is 0 Å². The van der Waals surface area contributed by atoms with Crippen molar-refractivity contribution in [2.24, 2.45) is 11.8 Å². The van der Waals surface area contributed by atoms with E-state index in [-0.39, 0.29) is 27.7 Å². The van der Waals surface area contributed by atoms with Gasteiger partial charge in [-0.15, -0.1) is 0 Å². The summed E-state index contributed by atoms with van der Waals surface area (Å²) in [6.07, 6.45) is -1.00. The molecule has 1 N–H and O–H groups in total. The van der Waals surface area contributed by atoms with E-state index in [0.29, 0.717) is 5.56 Å². The van der Waals surface area contributed by atoms with Gasteiger partial charge in [-0.1, -0.05) is 54.6 Å². The number of amides is 2. The molecule has 2 saturated heterocycles. The number of nitrogens with zero attached hydrogens (tertiary/aromatic N) is 2. The number of Topliss-reactive ketones (excluding diaryl/α,β-unsaturated/α-hetero) is 2. The average molecular weight is 469 g/mol. The van der Waals surface area contributed by atoms with Gasteiger partial charge in [-0.2, -0.15) is 0 Å². The van der Waals surface area contributed by atoms with Gasteiger partial charge < -0.3 is 15.2 Å². The maximum Gasteiger partial charge on any atom is 0.241 e. The number of ether oxygens (including phenoxy) is 1. The van der Waals surface area contributed by atoms with E-state index in [0.717, 1.165) is 4.90 Å². The van der Waals surface area contributed by atoms with Crippen molar-refractivity contribution in [2.75, 3.05) is 10.1 Å². The van der Waals surface area contributed by atoms with E-state index in [9.17, 15) is 24.4 Å². The zero-order chi connectivity index (χ0) is 24.5. The lowest BCUT2D eigenvalue weighted by Crippen LogP contribution is -2.51. The lowest BCUT2D eigenvalue weighted by Gasteiger charge is -2.27. The monoisotopic (exact) mass is 469 g/mol. The number of anilines is 2. The Labute approximate surface area is 198 Å². The Morgan fingerprint density at radius 1 is 0.800 bits per heavy atom. The summed E-state index contributed by atoms with van der Waals surface area (Å²) in [7, 11) is 0. The largest absolute Gasteiger partial charge is 0.733 e. The van der Waals surface area contributed by atoms with E-state index in [1.807, 2.05) is 0 Å². The van der Waals surface area contributed by atoms with Crippen LogP contribution in [-0.4, -0.2) is 34.2 Å². The van der Waals surface area contributed by atoms with Gasteiger partial charge in [-0.05, 0) is 29.8 Å². The Hall–Kier alpha value is -4.18. The third-order valence-corrected chi connectivity index (χ3v) is 6.98. The molecule has 3 aromatic rings. The minimum Gasteiger partial charge on any atom is -0.733 e. The Bertz CT molecular complexity index is 1370. The minimum atomic E-state index is -2.15. The van der Waals surface area contributed by atoms with Gasteiger partial charge in [-0.25, -0.2) is 4.90 Å². The van der Waals surface area contributed by atoms with Gasteiger partial charge in [0, 0.05) is 11.1 Å². The molecule has 0 aromatic heterocycles. The number of benzene rings is 3. The molecule has 174 valence electrons. The summed E-state index contributed by atoms with van der Waals surface area (Å²) < 4.78 is 6.20. The highest BCUT2D eigenvalue weighted by Crippen LogP contribution is 2.57. The van der Waals surface area contributed by atoms with E-state index in [1.165, 1.54) is 36.4 Å². The summed E-state index contributed by atoms with van der Waals surface area (Å²) in [5, 5.41) is 19.9. The van der Waals surface area contributed by atoms with Gasteiger partial charge in [0.2, 0.25) is 29.0 Å². The lowest BCUT2D eigenvalue weighted by molar-refractivity contribution is -0.127. The van der Waals surface area contributed by atoms with Crippen LogP contribution in [0.15, 0.2) is 78.9 Å². The van der Waals surface area contributed by atoms with Gasteiger partial charge in [0.05, 0.1) is 29.3 Å². The van der Waals surface area contributed by atoms with Crippen LogP contribution < -0.4 is 10.1 Å². The van der Waals surface area contributed by atoms with Gasteiger partial charge in [0.15, 0.2) is 0 Å². The van der Waals surface area contributed by atoms with E-state index >= 15 is 0 Å². The van der Waals surface area contributed by atoms with Crippen LogP contribution in [-0.2, 0) is 14.3 Å². The predicted molar refractivity (Wildman–Crippen MR) is 122 cm³/mol. The second-order valence-electron chi connectivity index (χ2n) is 8.69. The molecule has 35 heavy (non-hydrogen) atoms. The van der Waals surface area contributed by atoms with Gasteiger partial charge in [-0.3, -0.25) is 24.4 Å². The fraction of sp³-hybridized carbons (Fsp3) is 0.154. The van der Waals surface area contributed by atoms with Crippen molar-refractivity contribution >= 4 is 34.8 Å². The average Bonchev–Trinajstić information content (AvgIpc) is 3.44. The summed E-state index contributed by atoms with van der Waals surface area (Å²) in [5.74, 6) is -5.08. The summed E-state index contributed by atoms with van der Waals surface area (Å²) in [6.45, 7) is 0. The van der Waals surface area contributed by atoms with Crippen LogP contribution in [0.3, 0.4) is 0 Å². The van der Waals surface area contributed by atoms with E-state index in [4.69, 9.17) is 9.94 Å². The smallest absolute Gasteiger partial charge is 0.241 e. The minimum absolute atomic E-state index is 0.0911. The normalized spacial score (nSPS) is 24.3. The highest BCUT2D eigenvalue weighted by molar-refractivity contribution is 6.37. The highest BCUT2D eigenvalue weighted by atomic mass is 16.8. The fourth-order valence-corrected chi connectivity index (χ4v) is 5.44. The third kappa shape index (κ3) is 2.74. The fourth-order valence-electron chi connectivity index (χ4n) is 5.44. The SMILES string of the molecule is O=C1[C@H]2[C@@H](c3ccccc3)OC3(C(=O)c4ccccc4C3=O)[C@@H]2C(=O)N1c1ccc(N([O-])O)cc1. The Balaban J connectivity index is 1.51. The lowest BCUT2D eigenvalue weighted by atomic mass is 9.77. The summed E-state index contributed by atoms with van der Waals surface area (Å²) in [5.41, 5.74) is -1.20. The Kier molecular flexibility index (Phi) is 4.52. The molecule has 9 heteroatoms. The van der Waals surface area contributed by atoms with Crippen molar-refractivity contribution in [3.8, 4) is 0 Å². The Morgan fingerprint density at radius 3 is 1.94 bits per heavy atom. The van der Waals surface area contributed by atoms with Crippen LogP contribution in [0.25, 0.3) is 0 Å². The van der Waals surface area contributed by atoms with Crippen molar-refractivity contribution in [1.82, 2.24) is 0 Å². The first-order valence-electron chi connectivity index (χ1n) is 10.9. The molecule has 0 bridgehead atoms. The number of ketones is 2. The molecule has 2 amide bonds. The number of rotatable bonds is 3. The van der Waals surface area contributed by atoms with Crippen molar-refractivity contribution in [3.63, 3.8) is 0 Å². The standard InChI is InChI=1S/C26H17N2O7/c29-22-17-8-4-5-9-18(17)23(30)26(22)20-19(21(35-26)14-6-2-1-3-7-14)24(31)27(25(20)32)15-10-12-16(13-11-15)28(33)34/h1-13,19-21,33H/q-1/t19-,20+,21-/m1/s1. The first-order valence-corrected chi connectivity index (χ1v) is 10.9. The second-order valence-corrected chi connectivity index (χ2v) is 8.69. The van der Waals surface area contributed by atoms with Crippen LogP contribution in [0, 0.1) is 17.0 Å². The van der Waals surface area contributed by atoms with Crippen LogP contribution in [0.4, 0.5) is 11.4 Å².